The molecule has 4 aliphatic rings. The van der Waals surface area contributed by atoms with Crippen LogP contribution in [0.5, 0.6) is 0 Å². The molecule has 0 bridgehead atoms. The summed E-state index contributed by atoms with van der Waals surface area (Å²) in [6.45, 7) is 0.707. The van der Waals surface area contributed by atoms with Crippen LogP contribution in [0.3, 0.4) is 0 Å². The molecule has 2 fully saturated rings. The molecule has 5 nitrogen and oxygen atoms in total. The summed E-state index contributed by atoms with van der Waals surface area (Å²) in [4.78, 5) is 30.8. The van der Waals surface area contributed by atoms with Gasteiger partial charge in [0.25, 0.3) is 0 Å². The van der Waals surface area contributed by atoms with Gasteiger partial charge in [-0.2, -0.15) is 0 Å². The minimum atomic E-state index is -0.446. The van der Waals surface area contributed by atoms with E-state index in [1.807, 2.05) is 30.5 Å². The average molecular weight is 283 g/mol. The summed E-state index contributed by atoms with van der Waals surface area (Å²) in [6, 6.07) is -0.605. The van der Waals surface area contributed by atoms with E-state index in [1.165, 1.54) is 0 Å². The Hall–Kier alpha value is -2.17. The topological polar surface area (TPSA) is 61.8 Å². The first-order chi connectivity index (χ1) is 10.2. The van der Waals surface area contributed by atoms with Gasteiger partial charge in [-0.3, -0.25) is 14.6 Å². The van der Waals surface area contributed by atoms with Crippen molar-refractivity contribution in [2.24, 2.45) is 4.99 Å². The largest absolute Gasteiger partial charge is 0.342 e. The van der Waals surface area contributed by atoms with E-state index < -0.39 is 6.04 Å². The second kappa shape index (κ2) is 4.69. The van der Waals surface area contributed by atoms with Crippen molar-refractivity contribution in [3.8, 4) is 0 Å². The highest BCUT2D eigenvalue weighted by Crippen LogP contribution is 2.29. The third-order valence-corrected chi connectivity index (χ3v) is 4.64. The predicted molar refractivity (Wildman–Crippen MR) is 78.9 cm³/mol. The van der Waals surface area contributed by atoms with Gasteiger partial charge < -0.3 is 10.2 Å². The molecule has 108 valence electrons. The minimum Gasteiger partial charge on any atom is -0.342 e. The molecular weight excluding hydrogens is 266 g/mol. The summed E-state index contributed by atoms with van der Waals surface area (Å²) in [5.74, 6) is 0.0469. The molecule has 3 aliphatic heterocycles. The maximum Gasteiger partial charge on any atom is 0.246 e. The van der Waals surface area contributed by atoms with Gasteiger partial charge in [0.2, 0.25) is 11.8 Å². The smallest absolute Gasteiger partial charge is 0.246 e. The molecule has 3 heterocycles. The second-order valence-corrected chi connectivity index (χ2v) is 5.90. The van der Waals surface area contributed by atoms with Gasteiger partial charge in [0.1, 0.15) is 12.1 Å². The van der Waals surface area contributed by atoms with E-state index in [4.69, 9.17) is 0 Å². The van der Waals surface area contributed by atoms with Crippen LogP contribution in [0.15, 0.2) is 40.4 Å². The monoisotopic (exact) mass is 283 g/mol. The number of nitrogens with one attached hydrogen (secondary N) is 1. The van der Waals surface area contributed by atoms with Crippen LogP contribution in [-0.2, 0) is 9.59 Å². The number of hydrogen-bond acceptors (Lipinski definition) is 3. The van der Waals surface area contributed by atoms with Crippen LogP contribution in [0.4, 0.5) is 0 Å². The highest BCUT2D eigenvalue weighted by Gasteiger charge is 2.43. The number of hydrogen-bond donors (Lipinski definition) is 1. The fraction of sp³-hybridized carbons (Fsp3) is 0.438. The molecule has 1 N–H and O–H groups in total. The van der Waals surface area contributed by atoms with Crippen molar-refractivity contribution in [1.82, 2.24) is 10.2 Å². The van der Waals surface area contributed by atoms with Gasteiger partial charge in [-0.05, 0) is 24.0 Å². The molecule has 0 spiro atoms. The minimum absolute atomic E-state index is 0.00623. The Morgan fingerprint density at radius 1 is 1.33 bits per heavy atom. The molecule has 4 rings (SSSR count). The van der Waals surface area contributed by atoms with Crippen LogP contribution >= 0.6 is 0 Å². The number of amides is 2. The molecule has 0 aromatic rings. The van der Waals surface area contributed by atoms with E-state index in [9.17, 15) is 9.59 Å². The van der Waals surface area contributed by atoms with Crippen LogP contribution < -0.4 is 5.32 Å². The van der Waals surface area contributed by atoms with E-state index in [2.05, 4.69) is 10.3 Å². The fourth-order valence-electron chi connectivity index (χ4n) is 3.56. The molecule has 0 radical (unpaired) electrons. The molecule has 2 saturated heterocycles. The Labute approximate surface area is 123 Å². The number of aliphatic imine (C=N–C) groups is 1. The summed E-state index contributed by atoms with van der Waals surface area (Å²) < 4.78 is 0. The number of nitrogens with zero attached hydrogens (tertiary/aromatic N) is 2. The molecule has 0 aromatic carbocycles. The number of allylic oxidation sites excluding steroid dienone is 2. The Balaban J connectivity index is 1.56. The van der Waals surface area contributed by atoms with Crippen molar-refractivity contribution >= 4 is 18.0 Å². The quantitative estimate of drug-likeness (QED) is 0.812. The zero-order valence-electron chi connectivity index (χ0n) is 11.7. The van der Waals surface area contributed by atoms with Gasteiger partial charge in [0, 0.05) is 19.2 Å². The average Bonchev–Trinajstić information content (AvgIpc) is 3.12. The van der Waals surface area contributed by atoms with Gasteiger partial charge in [0.05, 0.1) is 6.04 Å². The number of carbonyl (C=O) groups excluding carboxylic acids is 2. The SMILES string of the molecule is O=C1NC(CC2=C3C=CC=CC3N=C2)C(=O)N2CCCC12. The molecular formula is C16H17N3O2. The second-order valence-electron chi connectivity index (χ2n) is 5.90. The van der Waals surface area contributed by atoms with Crippen LogP contribution in [0, 0.1) is 0 Å². The number of carbonyl (C=O) groups is 2. The van der Waals surface area contributed by atoms with Gasteiger partial charge in [0.15, 0.2) is 0 Å². The van der Waals surface area contributed by atoms with Crippen LogP contribution in [0.25, 0.3) is 0 Å². The van der Waals surface area contributed by atoms with Gasteiger partial charge >= 0.3 is 0 Å². The molecule has 2 amide bonds. The molecule has 21 heavy (non-hydrogen) atoms. The number of fused-ring (bicyclic) bond motifs is 2. The fourth-order valence-corrected chi connectivity index (χ4v) is 3.56. The van der Waals surface area contributed by atoms with Crippen LogP contribution in [-0.4, -0.2) is 47.6 Å². The summed E-state index contributed by atoms with van der Waals surface area (Å²) >= 11 is 0. The maximum atomic E-state index is 12.5. The lowest BCUT2D eigenvalue weighted by Gasteiger charge is -2.34. The Kier molecular flexibility index (Phi) is 2.80. The van der Waals surface area contributed by atoms with E-state index in [-0.39, 0.29) is 23.9 Å². The molecule has 5 heteroatoms. The van der Waals surface area contributed by atoms with Gasteiger partial charge in [-0.1, -0.05) is 24.3 Å². The first kappa shape index (κ1) is 12.6. The van der Waals surface area contributed by atoms with Gasteiger partial charge in [-0.25, -0.2) is 0 Å². The first-order valence-electron chi connectivity index (χ1n) is 7.46. The zero-order valence-corrected chi connectivity index (χ0v) is 11.7. The van der Waals surface area contributed by atoms with Crippen molar-refractivity contribution in [1.29, 1.82) is 0 Å². The third kappa shape index (κ3) is 1.95. The molecule has 1 aliphatic carbocycles. The summed E-state index contributed by atoms with van der Waals surface area (Å²) in [7, 11) is 0. The molecule has 0 saturated carbocycles. The van der Waals surface area contributed by atoms with E-state index in [0.717, 1.165) is 24.0 Å². The van der Waals surface area contributed by atoms with Crippen molar-refractivity contribution in [3.05, 3.63) is 35.5 Å². The molecule has 3 atom stereocenters. The lowest BCUT2D eigenvalue weighted by atomic mass is 9.94. The van der Waals surface area contributed by atoms with Crippen molar-refractivity contribution in [2.45, 2.75) is 37.4 Å². The maximum absolute atomic E-state index is 12.5. The highest BCUT2D eigenvalue weighted by molar-refractivity contribution is 5.98. The summed E-state index contributed by atoms with van der Waals surface area (Å²) in [5.41, 5.74) is 2.19. The Bertz CT molecular complexity index is 629. The van der Waals surface area contributed by atoms with Crippen molar-refractivity contribution in [2.75, 3.05) is 6.54 Å². The normalized spacial score (nSPS) is 33.5. The summed E-state index contributed by atoms with van der Waals surface area (Å²) in [6.07, 6.45) is 12.1. The van der Waals surface area contributed by atoms with Crippen LogP contribution in [0.2, 0.25) is 0 Å². The van der Waals surface area contributed by atoms with Crippen molar-refractivity contribution in [3.63, 3.8) is 0 Å². The van der Waals surface area contributed by atoms with Crippen LogP contribution in [0.1, 0.15) is 19.3 Å². The number of piperazine rings is 1. The Morgan fingerprint density at radius 2 is 2.24 bits per heavy atom. The van der Waals surface area contributed by atoms with Crippen molar-refractivity contribution < 1.29 is 9.59 Å². The highest BCUT2D eigenvalue weighted by atomic mass is 16.2. The van der Waals surface area contributed by atoms with E-state index in [1.54, 1.807) is 4.90 Å². The first-order valence-corrected chi connectivity index (χ1v) is 7.46. The lowest BCUT2D eigenvalue weighted by molar-refractivity contribution is -0.146. The van der Waals surface area contributed by atoms with Gasteiger partial charge in [-0.15, -0.1) is 0 Å². The molecule has 0 aromatic heterocycles. The molecule has 3 unspecified atom stereocenters. The number of rotatable bonds is 2. The summed E-state index contributed by atoms with van der Waals surface area (Å²) in [5, 5.41) is 2.89. The van der Waals surface area contributed by atoms with E-state index >= 15 is 0 Å². The zero-order chi connectivity index (χ0) is 14.4. The Morgan fingerprint density at radius 3 is 3.14 bits per heavy atom. The van der Waals surface area contributed by atoms with E-state index in [0.29, 0.717) is 13.0 Å². The third-order valence-electron chi connectivity index (χ3n) is 4.64. The standard InChI is InChI=1S/C16H17N3O2/c20-15-14-6-3-7-19(14)16(21)13(18-15)8-10-9-17-12-5-2-1-4-11(10)12/h1-2,4-5,9,12-14H,3,6-8H2,(H,18,20). The predicted octanol–water partition coefficient (Wildman–Crippen LogP) is 0.741. The lowest BCUT2D eigenvalue weighted by Crippen LogP contribution is -2.61.